The normalized spacial score (nSPS) is 14.3. The van der Waals surface area contributed by atoms with Gasteiger partial charge in [-0.05, 0) is 41.2 Å². The minimum Gasteiger partial charge on any atom is -0.382 e. The van der Waals surface area contributed by atoms with E-state index in [9.17, 15) is 19.2 Å². The lowest BCUT2D eigenvalue weighted by atomic mass is 10.0. The Morgan fingerprint density at radius 1 is 0.829 bits per heavy atom. The molecule has 9 heteroatoms. The molecule has 0 radical (unpaired) electrons. The number of carbonyl (C=O) groups is 4. The second-order valence-electron chi connectivity index (χ2n) is 10.3. The summed E-state index contributed by atoms with van der Waals surface area (Å²) in [4.78, 5) is 54.0. The Balaban J connectivity index is 1.40. The van der Waals surface area contributed by atoms with Crippen molar-refractivity contribution in [3.8, 4) is 0 Å². The number of carbonyl (C=O) groups excluding carboxylic acids is 4. The van der Waals surface area contributed by atoms with Crippen LogP contribution in [-0.4, -0.2) is 67.4 Å². The van der Waals surface area contributed by atoms with Crippen LogP contribution in [0.2, 0.25) is 0 Å². The quantitative estimate of drug-likeness (QED) is 0.298. The van der Waals surface area contributed by atoms with E-state index in [0.717, 1.165) is 34.7 Å². The van der Waals surface area contributed by atoms with Crippen LogP contribution in [0.3, 0.4) is 0 Å². The molecule has 1 aliphatic rings. The van der Waals surface area contributed by atoms with Crippen LogP contribution in [0, 0.1) is 0 Å². The minimum atomic E-state index is -1.11. The highest BCUT2D eigenvalue weighted by Gasteiger charge is 2.30. The van der Waals surface area contributed by atoms with E-state index < -0.39 is 23.9 Å². The van der Waals surface area contributed by atoms with Crippen molar-refractivity contribution >= 4 is 34.4 Å². The van der Waals surface area contributed by atoms with Gasteiger partial charge in [-0.15, -0.1) is 0 Å². The second kappa shape index (κ2) is 14.9. The van der Waals surface area contributed by atoms with E-state index >= 15 is 0 Å². The molecule has 0 bridgehead atoms. The first-order valence-corrected chi connectivity index (χ1v) is 14.1. The number of hydrogen-bond donors (Lipinski definition) is 3. The largest absolute Gasteiger partial charge is 0.382 e. The standard InChI is InChI=1S/C32H38N4O5/c1-41-22-28(31(39)33-21-25-14-9-13-24-12-5-6-15-26(24)25)35-32(40)27(20-30(38)36-18-7-8-19-36)34-29(37)17-16-23-10-3-2-4-11-23/h2-6,9-15,27-28H,7-8,16-22H2,1H3,(H,33,39)(H,34,37)(H,35,40)/t27-,28-/m0/s1. The Bertz CT molecular complexity index is 1330. The van der Waals surface area contributed by atoms with Crippen molar-refractivity contribution in [2.24, 2.45) is 0 Å². The van der Waals surface area contributed by atoms with E-state index in [-0.39, 0.29) is 37.8 Å². The summed E-state index contributed by atoms with van der Waals surface area (Å²) in [5, 5.41) is 10.4. The lowest BCUT2D eigenvalue weighted by molar-refractivity contribution is -0.137. The minimum absolute atomic E-state index is 0.0676. The lowest BCUT2D eigenvalue weighted by Gasteiger charge is -2.24. The number of nitrogens with one attached hydrogen (secondary N) is 3. The SMILES string of the molecule is COC[C@H](NC(=O)[C@H](CC(=O)N1CCCC1)NC(=O)CCc1ccccc1)C(=O)NCc1cccc2ccccc12. The molecule has 1 saturated heterocycles. The smallest absolute Gasteiger partial charge is 0.245 e. The first-order valence-electron chi connectivity index (χ1n) is 14.1. The molecule has 4 amide bonds. The molecule has 41 heavy (non-hydrogen) atoms. The number of rotatable bonds is 13. The fraction of sp³-hybridized carbons (Fsp3) is 0.375. The third-order valence-corrected chi connectivity index (χ3v) is 7.27. The van der Waals surface area contributed by atoms with E-state index in [1.54, 1.807) is 4.90 Å². The molecule has 3 N–H and O–H groups in total. The van der Waals surface area contributed by atoms with Crippen molar-refractivity contribution in [3.63, 3.8) is 0 Å². The number of nitrogens with zero attached hydrogens (tertiary/aromatic N) is 1. The zero-order valence-corrected chi connectivity index (χ0v) is 23.4. The molecule has 4 rings (SSSR count). The predicted octanol–water partition coefficient (Wildman–Crippen LogP) is 2.72. The van der Waals surface area contributed by atoms with Gasteiger partial charge in [0.2, 0.25) is 23.6 Å². The molecule has 0 aromatic heterocycles. The number of aryl methyl sites for hydroxylation is 1. The summed E-state index contributed by atoms with van der Waals surface area (Å²) in [5.74, 6) is -1.57. The molecule has 9 nitrogen and oxygen atoms in total. The first-order chi connectivity index (χ1) is 19.9. The molecular weight excluding hydrogens is 520 g/mol. The third kappa shape index (κ3) is 8.62. The molecule has 3 aromatic rings. The summed E-state index contributed by atoms with van der Waals surface area (Å²) in [6.07, 6.45) is 2.32. The summed E-state index contributed by atoms with van der Waals surface area (Å²) in [7, 11) is 1.44. The van der Waals surface area contributed by atoms with Gasteiger partial charge in [-0.25, -0.2) is 0 Å². The summed E-state index contributed by atoms with van der Waals surface area (Å²) >= 11 is 0. The maximum atomic E-state index is 13.4. The van der Waals surface area contributed by atoms with Gasteiger partial charge in [0.15, 0.2) is 0 Å². The molecule has 3 aromatic carbocycles. The van der Waals surface area contributed by atoms with Crippen LogP contribution >= 0.6 is 0 Å². The number of hydrogen-bond acceptors (Lipinski definition) is 5. The van der Waals surface area contributed by atoms with Gasteiger partial charge in [-0.2, -0.15) is 0 Å². The van der Waals surface area contributed by atoms with Crippen molar-refractivity contribution in [1.29, 1.82) is 0 Å². The summed E-state index contributed by atoms with van der Waals surface area (Å²) in [6, 6.07) is 21.2. The van der Waals surface area contributed by atoms with Crippen molar-refractivity contribution < 1.29 is 23.9 Å². The summed E-state index contributed by atoms with van der Waals surface area (Å²) < 4.78 is 5.22. The lowest BCUT2D eigenvalue weighted by Crippen LogP contribution is -2.56. The van der Waals surface area contributed by atoms with Gasteiger partial charge in [0.1, 0.15) is 12.1 Å². The zero-order valence-electron chi connectivity index (χ0n) is 23.4. The number of ether oxygens (including phenoxy) is 1. The molecule has 0 unspecified atom stereocenters. The van der Waals surface area contributed by atoms with Gasteiger partial charge >= 0.3 is 0 Å². The van der Waals surface area contributed by atoms with Gasteiger partial charge in [-0.1, -0.05) is 72.8 Å². The molecule has 0 spiro atoms. The van der Waals surface area contributed by atoms with Crippen molar-refractivity contribution in [1.82, 2.24) is 20.9 Å². The Labute approximate surface area is 240 Å². The molecule has 0 saturated carbocycles. The Kier molecular flexibility index (Phi) is 10.8. The Morgan fingerprint density at radius 2 is 1.54 bits per heavy atom. The Hall–Kier alpha value is -4.24. The van der Waals surface area contributed by atoms with Crippen molar-refractivity contribution in [2.45, 2.75) is 50.7 Å². The number of methoxy groups -OCH3 is 1. The highest BCUT2D eigenvalue weighted by atomic mass is 16.5. The second-order valence-corrected chi connectivity index (χ2v) is 10.3. The highest BCUT2D eigenvalue weighted by molar-refractivity contribution is 5.95. The molecule has 1 heterocycles. The average molecular weight is 559 g/mol. The van der Waals surface area contributed by atoms with Crippen LogP contribution < -0.4 is 16.0 Å². The molecule has 2 atom stereocenters. The fourth-order valence-corrected chi connectivity index (χ4v) is 5.02. The molecule has 216 valence electrons. The number of fused-ring (bicyclic) bond motifs is 1. The summed E-state index contributed by atoms with van der Waals surface area (Å²) in [6.45, 7) is 1.47. The van der Waals surface area contributed by atoms with E-state index in [2.05, 4.69) is 16.0 Å². The highest BCUT2D eigenvalue weighted by Crippen LogP contribution is 2.18. The van der Waals surface area contributed by atoms with E-state index in [1.807, 2.05) is 72.8 Å². The zero-order chi connectivity index (χ0) is 29.0. The third-order valence-electron chi connectivity index (χ3n) is 7.27. The molecular formula is C32H38N4O5. The van der Waals surface area contributed by atoms with E-state index in [4.69, 9.17) is 4.74 Å². The van der Waals surface area contributed by atoms with E-state index in [1.165, 1.54) is 7.11 Å². The van der Waals surface area contributed by atoms with E-state index in [0.29, 0.717) is 19.5 Å². The van der Waals surface area contributed by atoms with Crippen LogP contribution in [0.15, 0.2) is 72.8 Å². The molecule has 1 fully saturated rings. The maximum Gasteiger partial charge on any atom is 0.245 e. The Morgan fingerprint density at radius 3 is 2.29 bits per heavy atom. The van der Waals surface area contributed by atoms with Crippen LogP contribution in [0.1, 0.15) is 36.8 Å². The molecule has 0 aliphatic carbocycles. The van der Waals surface area contributed by atoms with Crippen molar-refractivity contribution in [3.05, 3.63) is 83.9 Å². The van der Waals surface area contributed by atoms with Crippen LogP contribution in [0.5, 0.6) is 0 Å². The topological polar surface area (TPSA) is 117 Å². The van der Waals surface area contributed by atoms with Crippen molar-refractivity contribution in [2.75, 3.05) is 26.8 Å². The predicted molar refractivity (Wildman–Crippen MR) is 157 cm³/mol. The number of benzene rings is 3. The van der Waals surface area contributed by atoms with Gasteiger partial charge in [0, 0.05) is 33.2 Å². The van der Waals surface area contributed by atoms with Gasteiger partial charge in [0.05, 0.1) is 13.0 Å². The van der Waals surface area contributed by atoms with Crippen LogP contribution in [0.4, 0.5) is 0 Å². The number of amides is 4. The number of likely N-dealkylation sites (tertiary alicyclic amines) is 1. The monoisotopic (exact) mass is 558 g/mol. The van der Waals surface area contributed by atoms with Gasteiger partial charge in [0.25, 0.3) is 0 Å². The molecule has 1 aliphatic heterocycles. The van der Waals surface area contributed by atoms with Crippen LogP contribution in [0.25, 0.3) is 10.8 Å². The van der Waals surface area contributed by atoms with Gasteiger partial charge in [-0.3, -0.25) is 19.2 Å². The average Bonchev–Trinajstić information content (AvgIpc) is 3.54. The van der Waals surface area contributed by atoms with Crippen LogP contribution in [-0.2, 0) is 36.9 Å². The first kappa shape index (κ1) is 29.7. The van der Waals surface area contributed by atoms with Gasteiger partial charge < -0.3 is 25.6 Å². The maximum absolute atomic E-state index is 13.4. The fourth-order valence-electron chi connectivity index (χ4n) is 5.02. The summed E-state index contributed by atoms with van der Waals surface area (Å²) in [5.41, 5.74) is 1.94.